The molecule has 0 saturated carbocycles. The summed E-state index contributed by atoms with van der Waals surface area (Å²) in [5.41, 5.74) is 4.11. The van der Waals surface area contributed by atoms with Crippen LogP contribution in [0.25, 0.3) is 10.1 Å². The smallest absolute Gasteiger partial charge is 0.284 e. The van der Waals surface area contributed by atoms with Crippen molar-refractivity contribution in [2.75, 3.05) is 5.32 Å². The first-order valence-electron chi connectivity index (χ1n) is 9.04. The fourth-order valence-corrected chi connectivity index (χ4v) is 4.22. The molecule has 3 aromatic carbocycles. The van der Waals surface area contributed by atoms with Crippen LogP contribution in [0, 0.1) is 0 Å². The van der Waals surface area contributed by atoms with E-state index in [1.807, 2.05) is 78.9 Å². The molecule has 1 heterocycles. The maximum absolute atomic E-state index is 13.2. The largest absolute Gasteiger partial charge is 0.325 e. The van der Waals surface area contributed by atoms with Gasteiger partial charge in [0.15, 0.2) is 0 Å². The number of hydrogen-bond donors (Lipinski definition) is 3. The van der Waals surface area contributed by atoms with Crippen molar-refractivity contribution < 1.29 is 14.8 Å². The third-order valence-corrected chi connectivity index (χ3v) is 5.75. The minimum absolute atomic E-state index is 0.134. The van der Waals surface area contributed by atoms with Gasteiger partial charge in [0, 0.05) is 10.4 Å². The van der Waals surface area contributed by atoms with E-state index in [1.165, 1.54) is 11.3 Å². The molecule has 1 aromatic heterocycles. The van der Waals surface area contributed by atoms with Gasteiger partial charge in [-0.2, -0.15) is 0 Å². The van der Waals surface area contributed by atoms with Crippen LogP contribution < -0.4 is 10.8 Å². The van der Waals surface area contributed by atoms with Gasteiger partial charge < -0.3 is 5.32 Å². The maximum atomic E-state index is 13.2. The maximum Gasteiger partial charge on any atom is 0.284 e. The molecular formula is C23H18N2O3S. The van der Waals surface area contributed by atoms with Crippen LogP contribution in [0.4, 0.5) is 5.69 Å². The third-order valence-electron chi connectivity index (χ3n) is 4.64. The second kappa shape index (κ2) is 8.26. The molecule has 144 valence electrons. The summed E-state index contributed by atoms with van der Waals surface area (Å²) in [6.07, 6.45) is 0. The van der Waals surface area contributed by atoms with Crippen molar-refractivity contribution in [3.63, 3.8) is 0 Å². The van der Waals surface area contributed by atoms with E-state index in [-0.39, 0.29) is 5.91 Å². The van der Waals surface area contributed by atoms with Gasteiger partial charge in [0.25, 0.3) is 5.91 Å². The molecule has 0 unspecified atom stereocenters. The zero-order valence-corrected chi connectivity index (χ0v) is 16.1. The number of anilines is 1. The van der Waals surface area contributed by atoms with Gasteiger partial charge in [-0.05, 0) is 40.8 Å². The first-order valence-corrected chi connectivity index (χ1v) is 9.86. The van der Waals surface area contributed by atoms with Crippen LogP contribution in [-0.2, 0) is 4.79 Å². The number of hydrogen-bond acceptors (Lipinski definition) is 4. The highest BCUT2D eigenvalue weighted by Gasteiger charge is 2.22. The Bertz CT molecular complexity index is 1120. The Morgan fingerprint density at radius 2 is 1.45 bits per heavy atom. The van der Waals surface area contributed by atoms with E-state index in [9.17, 15) is 9.59 Å². The van der Waals surface area contributed by atoms with Gasteiger partial charge in [0.1, 0.15) is 0 Å². The zero-order chi connectivity index (χ0) is 20.2. The second-order valence-electron chi connectivity index (χ2n) is 6.55. The van der Waals surface area contributed by atoms with Gasteiger partial charge in [-0.25, -0.2) is 5.48 Å². The van der Waals surface area contributed by atoms with Crippen LogP contribution in [-0.4, -0.2) is 17.0 Å². The van der Waals surface area contributed by atoms with E-state index in [4.69, 9.17) is 5.21 Å². The predicted molar refractivity (Wildman–Crippen MR) is 114 cm³/mol. The molecule has 29 heavy (non-hydrogen) atoms. The summed E-state index contributed by atoms with van der Waals surface area (Å²) in [5.74, 6) is -1.12. The first kappa shape index (κ1) is 18.9. The lowest BCUT2D eigenvalue weighted by Crippen LogP contribution is -2.22. The summed E-state index contributed by atoms with van der Waals surface area (Å²) in [6.45, 7) is 0. The van der Waals surface area contributed by atoms with Gasteiger partial charge in [-0.3, -0.25) is 14.8 Å². The molecule has 0 aliphatic rings. The molecule has 0 radical (unpaired) electrons. The number of hydroxylamine groups is 1. The molecule has 0 bridgehead atoms. The summed E-state index contributed by atoms with van der Waals surface area (Å²) in [6, 6.07) is 26.5. The van der Waals surface area contributed by atoms with Gasteiger partial charge in [-0.15, -0.1) is 11.3 Å². The summed E-state index contributed by atoms with van der Waals surface area (Å²) in [4.78, 5) is 25.2. The van der Waals surface area contributed by atoms with Crippen LogP contribution in [0.15, 0.2) is 84.9 Å². The van der Waals surface area contributed by atoms with E-state index >= 15 is 0 Å². The molecule has 0 atom stereocenters. The molecule has 0 fully saturated rings. The highest BCUT2D eigenvalue weighted by Crippen LogP contribution is 2.30. The van der Waals surface area contributed by atoms with Crippen molar-refractivity contribution in [3.05, 3.63) is 101 Å². The number of rotatable bonds is 5. The average molecular weight is 402 g/mol. The predicted octanol–water partition coefficient (Wildman–Crippen LogP) is 4.79. The third kappa shape index (κ3) is 4.03. The Morgan fingerprint density at radius 1 is 0.828 bits per heavy atom. The topological polar surface area (TPSA) is 78.4 Å². The van der Waals surface area contributed by atoms with Gasteiger partial charge in [0.05, 0.1) is 10.8 Å². The number of fused-ring (bicyclic) bond motifs is 1. The summed E-state index contributed by atoms with van der Waals surface area (Å²) in [7, 11) is 0. The van der Waals surface area contributed by atoms with Crippen LogP contribution in [0.3, 0.4) is 0 Å². The Hall–Kier alpha value is -3.48. The molecule has 5 nitrogen and oxygen atoms in total. The quantitative estimate of drug-likeness (QED) is 0.332. The normalized spacial score (nSPS) is 10.8. The van der Waals surface area contributed by atoms with Crippen molar-refractivity contribution >= 4 is 38.9 Å². The molecule has 4 aromatic rings. The number of benzene rings is 3. The highest BCUT2D eigenvalue weighted by molar-refractivity contribution is 7.20. The zero-order valence-electron chi connectivity index (χ0n) is 15.3. The second-order valence-corrected chi connectivity index (χ2v) is 7.63. The van der Waals surface area contributed by atoms with Crippen LogP contribution >= 0.6 is 11.3 Å². The standard InChI is InChI=1S/C23H18N2O3S/c26-22(25-28)20-14-17-13-18(11-12-19(17)29-20)24-23(27)21(15-7-3-1-4-8-15)16-9-5-2-6-10-16/h1-14,21,28H,(H,24,27)(H,25,26). The SMILES string of the molecule is O=C(NO)c1cc2cc(NC(=O)C(c3ccccc3)c3ccccc3)ccc2s1. The molecular weight excluding hydrogens is 384 g/mol. The highest BCUT2D eigenvalue weighted by atomic mass is 32.1. The molecule has 0 spiro atoms. The summed E-state index contributed by atoms with van der Waals surface area (Å²) in [5, 5.41) is 12.6. The number of thiophene rings is 1. The average Bonchev–Trinajstić information content (AvgIpc) is 3.18. The van der Waals surface area contributed by atoms with Crippen molar-refractivity contribution in [1.29, 1.82) is 0 Å². The van der Waals surface area contributed by atoms with E-state index in [0.29, 0.717) is 10.6 Å². The van der Waals surface area contributed by atoms with Crippen molar-refractivity contribution in [1.82, 2.24) is 5.48 Å². The number of amides is 2. The Labute approximate surface area is 171 Å². The number of carbonyl (C=O) groups excluding carboxylic acids is 2. The molecule has 0 aliphatic carbocycles. The Balaban J connectivity index is 1.64. The number of carbonyl (C=O) groups is 2. The molecule has 2 amide bonds. The lowest BCUT2D eigenvalue weighted by molar-refractivity contribution is -0.116. The van der Waals surface area contributed by atoms with Crippen molar-refractivity contribution in [3.8, 4) is 0 Å². The minimum atomic E-state index is -0.551. The molecule has 3 N–H and O–H groups in total. The number of nitrogens with one attached hydrogen (secondary N) is 2. The molecule has 4 rings (SSSR count). The van der Waals surface area contributed by atoms with Crippen molar-refractivity contribution in [2.24, 2.45) is 0 Å². The summed E-state index contributed by atoms with van der Waals surface area (Å²) >= 11 is 1.27. The van der Waals surface area contributed by atoms with Gasteiger partial charge >= 0.3 is 0 Å². The van der Waals surface area contributed by atoms with E-state index in [0.717, 1.165) is 21.2 Å². The van der Waals surface area contributed by atoms with Gasteiger partial charge in [0.2, 0.25) is 5.91 Å². The summed E-state index contributed by atoms with van der Waals surface area (Å²) < 4.78 is 0.893. The minimum Gasteiger partial charge on any atom is -0.325 e. The monoisotopic (exact) mass is 402 g/mol. The van der Waals surface area contributed by atoms with Crippen LogP contribution in [0.2, 0.25) is 0 Å². The van der Waals surface area contributed by atoms with E-state index in [1.54, 1.807) is 11.5 Å². The molecule has 0 aliphatic heterocycles. The molecule has 0 saturated heterocycles. The van der Waals surface area contributed by atoms with E-state index < -0.39 is 11.8 Å². The van der Waals surface area contributed by atoms with Crippen LogP contribution in [0.5, 0.6) is 0 Å². The lowest BCUT2D eigenvalue weighted by Gasteiger charge is -2.18. The Morgan fingerprint density at radius 3 is 2.03 bits per heavy atom. The van der Waals surface area contributed by atoms with Crippen LogP contribution in [0.1, 0.15) is 26.7 Å². The molecule has 6 heteroatoms. The fourth-order valence-electron chi connectivity index (χ4n) is 3.29. The lowest BCUT2D eigenvalue weighted by atomic mass is 9.90. The van der Waals surface area contributed by atoms with Gasteiger partial charge in [-0.1, -0.05) is 60.7 Å². The first-order chi connectivity index (χ1) is 14.2. The van der Waals surface area contributed by atoms with Crippen molar-refractivity contribution in [2.45, 2.75) is 5.92 Å². The fraction of sp³-hybridized carbons (Fsp3) is 0.0435. The van der Waals surface area contributed by atoms with E-state index in [2.05, 4.69) is 5.32 Å². The Kier molecular flexibility index (Phi) is 5.37.